The summed E-state index contributed by atoms with van der Waals surface area (Å²) in [5.41, 5.74) is 0. The van der Waals surface area contributed by atoms with Crippen LogP contribution in [0.25, 0.3) is 0 Å². The summed E-state index contributed by atoms with van der Waals surface area (Å²) in [6.45, 7) is 6.41. The Hall–Kier alpha value is -3.67. The molecule has 0 N–H and O–H groups in total. The Morgan fingerprint density at radius 2 is 0.606 bits per heavy atom. The Morgan fingerprint density at radius 1 is 0.296 bits per heavy atom. The molecular formula is C65H110O6. The fourth-order valence-corrected chi connectivity index (χ4v) is 8.15. The van der Waals surface area contributed by atoms with Gasteiger partial charge in [-0.1, -0.05) is 272 Å². The molecular weight excluding hydrogens is 877 g/mol. The molecule has 0 aliphatic carbocycles. The first kappa shape index (κ1) is 67.3. The van der Waals surface area contributed by atoms with Crippen LogP contribution in [0.1, 0.15) is 278 Å². The minimum Gasteiger partial charge on any atom is -0.462 e. The molecule has 71 heavy (non-hydrogen) atoms. The van der Waals surface area contributed by atoms with Crippen molar-refractivity contribution < 1.29 is 28.6 Å². The van der Waals surface area contributed by atoms with Crippen LogP contribution in [0.15, 0.2) is 97.2 Å². The Kier molecular flexibility index (Phi) is 55.9. The second-order valence-electron chi connectivity index (χ2n) is 19.5. The molecule has 0 heterocycles. The Balaban J connectivity index is 4.44. The molecule has 0 aromatic heterocycles. The van der Waals surface area contributed by atoms with Crippen LogP contribution in [0.4, 0.5) is 0 Å². The Bertz CT molecular complexity index is 1410. The summed E-state index contributed by atoms with van der Waals surface area (Å²) in [6, 6.07) is 0. The Labute approximate surface area is 438 Å². The van der Waals surface area contributed by atoms with E-state index in [9.17, 15) is 14.4 Å². The molecule has 0 aliphatic heterocycles. The van der Waals surface area contributed by atoms with E-state index in [-0.39, 0.29) is 31.6 Å². The molecule has 0 spiro atoms. The van der Waals surface area contributed by atoms with Crippen molar-refractivity contribution in [3.8, 4) is 0 Å². The second kappa shape index (κ2) is 58.9. The summed E-state index contributed by atoms with van der Waals surface area (Å²) in [6.07, 6.45) is 78.5. The van der Waals surface area contributed by atoms with E-state index < -0.39 is 12.1 Å². The lowest BCUT2D eigenvalue weighted by atomic mass is 10.0. The van der Waals surface area contributed by atoms with Crippen molar-refractivity contribution in [1.29, 1.82) is 0 Å². The number of carbonyl (C=O) groups is 3. The van der Waals surface area contributed by atoms with E-state index in [1.165, 1.54) is 122 Å². The lowest BCUT2D eigenvalue weighted by Gasteiger charge is -2.18. The molecule has 0 radical (unpaired) electrons. The summed E-state index contributed by atoms with van der Waals surface area (Å²) in [4.78, 5) is 38.1. The molecule has 6 heteroatoms. The minimum atomic E-state index is -0.824. The van der Waals surface area contributed by atoms with E-state index in [1.54, 1.807) is 0 Å². The van der Waals surface area contributed by atoms with Gasteiger partial charge in [0.15, 0.2) is 6.10 Å². The number of carbonyl (C=O) groups excluding carboxylic acids is 3. The zero-order valence-corrected chi connectivity index (χ0v) is 46.5. The van der Waals surface area contributed by atoms with Crippen molar-refractivity contribution >= 4 is 17.9 Å². The number of unbranched alkanes of at least 4 members (excludes halogenated alkanes) is 26. The van der Waals surface area contributed by atoms with Crippen molar-refractivity contribution in [2.75, 3.05) is 13.2 Å². The van der Waals surface area contributed by atoms with E-state index in [4.69, 9.17) is 14.2 Å². The number of esters is 3. The monoisotopic (exact) mass is 987 g/mol. The minimum absolute atomic E-state index is 0.111. The molecule has 1 unspecified atom stereocenters. The van der Waals surface area contributed by atoms with E-state index in [2.05, 4.69) is 112 Å². The third-order valence-corrected chi connectivity index (χ3v) is 12.6. The third-order valence-electron chi connectivity index (χ3n) is 12.6. The van der Waals surface area contributed by atoms with Gasteiger partial charge in [0.25, 0.3) is 0 Å². The molecule has 0 saturated carbocycles. The number of ether oxygens (including phenoxy) is 3. The maximum Gasteiger partial charge on any atom is 0.306 e. The fourth-order valence-electron chi connectivity index (χ4n) is 8.15. The number of hydrogen-bond acceptors (Lipinski definition) is 6. The maximum absolute atomic E-state index is 12.8. The van der Waals surface area contributed by atoms with Gasteiger partial charge in [-0.05, 0) is 83.5 Å². The topological polar surface area (TPSA) is 78.9 Å². The van der Waals surface area contributed by atoms with Gasteiger partial charge >= 0.3 is 17.9 Å². The largest absolute Gasteiger partial charge is 0.462 e. The van der Waals surface area contributed by atoms with Crippen molar-refractivity contribution in [3.05, 3.63) is 97.2 Å². The van der Waals surface area contributed by atoms with Gasteiger partial charge in [-0.3, -0.25) is 14.4 Å². The number of allylic oxidation sites excluding steroid dienone is 16. The van der Waals surface area contributed by atoms with E-state index >= 15 is 0 Å². The van der Waals surface area contributed by atoms with E-state index in [0.29, 0.717) is 19.3 Å². The van der Waals surface area contributed by atoms with Crippen LogP contribution in [0.3, 0.4) is 0 Å². The van der Waals surface area contributed by atoms with Crippen LogP contribution < -0.4 is 0 Å². The molecule has 0 fully saturated rings. The molecule has 0 bridgehead atoms. The summed E-state index contributed by atoms with van der Waals surface area (Å²) >= 11 is 0. The predicted molar refractivity (Wildman–Crippen MR) is 307 cm³/mol. The lowest BCUT2D eigenvalue weighted by Crippen LogP contribution is -2.30. The van der Waals surface area contributed by atoms with Crippen molar-refractivity contribution in [2.45, 2.75) is 284 Å². The highest BCUT2D eigenvalue weighted by Crippen LogP contribution is 2.16. The lowest BCUT2D eigenvalue weighted by molar-refractivity contribution is -0.166. The zero-order chi connectivity index (χ0) is 51.4. The van der Waals surface area contributed by atoms with Gasteiger partial charge in [0.1, 0.15) is 13.2 Å². The zero-order valence-electron chi connectivity index (χ0n) is 46.5. The quantitative estimate of drug-likeness (QED) is 0.0261. The highest BCUT2D eigenvalue weighted by atomic mass is 16.6. The maximum atomic E-state index is 12.8. The Morgan fingerprint density at radius 3 is 0.972 bits per heavy atom. The molecule has 0 rings (SSSR count). The first-order valence-corrected chi connectivity index (χ1v) is 29.7. The van der Waals surface area contributed by atoms with Crippen LogP contribution in [-0.2, 0) is 28.6 Å². The van der Waals surface area contributed by atoms with Crippen molar-refractivity contribution in [2.24, 2.45) is 0 Å². The van der Waals surface area contributed by atoms with Crippen molar-refractivity contribution in [1.82, 2.24) is 0 Å². The molecule has 1 atom stereocenters. The van der Waals surface area contributed by atoms with Gasteiger partial charge in [0, 0.05) is 19.3 Å². The van der Waals surface area contributed by atoms with Gasteiger partial charge in [0.2, 0.25) is 0 Å². The highest BCUT2D eigenvalue weighted by molar-refractivity contribution is 5.71. The average molecular weight is 988 g/mol. The van der Waals surface area contributed by atoms with Gasteiger partial charge in [-0.25, -0.2) is 0 Å². The summed E-state index contributed by atoms with van der Waals surface area (Å²) in [5, 5.41) is 0. The molecule has 6 nitrogen and oxygen atoms in total. The normalized spacial score (nSPS) is 12.8. The molecule has 0 aromatic carbocycles. The highest BCUT2D eigenvalue weighted by Gasteiger charge is 2.19. The predicted octanol–water partition coefficient (Wildman–Crippen LogP) is 20.1. The van der Waals surface area contributed by atoms with E-state index in [1.807, 2.05) is 6.08 Å². The van der Waals surface area contributed by atoms with Gasteiger partial charge in [0.05, 0.1) is 0 Å². The summed E-state index contributed by atoms with van der Waals surface area (Å²) in [5.74, 6) is -1.00. The molecule has 0 amide bonds. The average Bonchev–Trinajstić information content (AvgIpc) is 3.37. The molecule has 406 valence electrons. The fraction of sp³-hybridized carbons (Fsp3) is 0.708. The summed E-state index contributed by atoms with van der Waals surface area (Å²) in [7, 11) is 0. The SMILES string of the molecule is CC/C=C\C/C=C\C/C=C\C/C=C\C/C=C\C/C=C\CCC(=O)OC(COC(=O)CCCCCCC/C=C\C/C=C\CCC)COC(=O)CCCCCCCCCCCCCCCCCCCCCCC. The van der Waals surface area contributed by atoms with Crippen LogP contribution >= 0.6 is 0 Å². The second-order valence-corrected chi connectivity index (χ2v) is 19.5. The van der Waals surface area contributed by atoms with Gasteiger partial charge < -0.3 is 14.2 Å². The molecule has 0 aliphatic rings. The standard InChI is InChI=1S/C65H110O6/c1-4-7-10-13-16-19-22-25-27-29-31-32-34-35-37-40-43-46-49-52-55-58-64(67)70-61-62(60-69-63(66)57-54-51-48-45-42-39-24-21-18-15-12-9-6-3)71-65(68)59-56-53-50-47-44-41-38-36-33-30-28-26-23-20-17-14-11-8-5-2/h8,11-12,15,17,20-21,24,26,28,33,36,41,44,50,53,62H,4-7,9-10,13-14,16,18-19,22-23,25,27,29-32,34-35,37-40,42-43,45-49,51-52,54-61H2,1-3H3/b11-8-,15-12-,20-17-,24-21-,28-26-,36-33-,44-41-,53-50-. The third kappa shape index (κ3) is 57.1. The first-order valence-electron chi connectivity index (χ1n) is 29.7. The number of hydrogen-bond donors (Lipinski definition) is 0. The van der Waals surface area contributed by atoms with Crippen molar-refractivity contribution in [3.63, 3.8) is 0 Å². The smallest absolute Gasteiger partial charge is 0.306 e. The van der Waals surface area contributed by atoms with Crippen LogP contribution in [0, 0.1) is 0 Å². The van der Waals surface area contributed by atoms with Crippen LogP contribution in [0.2, 0.25) is 0 Å². The summed E-state index contributed by atoms with van der Waals surface area (Å²) < 4.78 is 16.8. The molecule has 0 saturated heterocycles. The first-order chi connectivity index (χ1) is 35.0. The number of rotatable bonds is 53. The van der Waals surface area contributed by atoms with Gasteiger partial charge in [-0.15, -0.1) is 0 Å². The van der Waals surface area contributed by atoms with Crippen LogP contribution in [0.5, 0.6) is 0 Å². The van der Waals surface area contributed by atoms with E-state index in [0.717, 1.165) is 109 Å². The van der Waals surface area contributed by atoms with Crippen LogP contribution in [-0.4, -0.2) is 37.2 Å². The molecule has 0 aromatic rings. The van der Waals surface area contributed by atoms with Gasteiger partial charge in [-0.2, -0.15) is 0 Å².